The predicted molar refractivity (Wildman–Crippen MR) is 62.4 cm³/mol. The monoisotopic (exact) mass is 368 g/mol. The van der Waals surface area contributed by atoms with Gasteiger partial charge < -0.3 is 0 Å². The van der Waals surface area contributed by atoms with E-state index in [0.717, 1.165) is 5.25 Å². The van der Waals surface area contributed by atoms with Gasteiger partial charge in [-0.05, 0) is 12.1 Å². The molecule has 1 atom stereocenters. The van der Waals surface area contributed by atoms with Crippen LogP contribution in [0.25, 0.3) is 0 Å². The van der Waals surface area contributed by atoms with Gasteiger partial charge in [-0.2, -0.15) is 39.5 Å². The first-order chi connectivity index (χ1) is 10.2. The van der Waals surface area contributed by atoms with Crippen LogP contribution in [-0.2, 0) is 10.8 Å². The number of alkyl halides is 9. The standard InChI is InChI=1S/C12H5F9OS/c13-9(14,11(17,18)19)10(15,16)12(20,21)23(22)7-6-8-4-2-1-3-5-8/h1-5H. The lowest BCUT2D eigenvalue weighted by atomic mass is 10.1. The zero-order valence-electron chi connectivity index (χ0n) is 10.6. The molecule has 1 aromatic carbocycles. The number of hydrogen-bond acceptors (Lipinski definition) is 1. The minimum absolute atomic E-state index is 0.0810. The van der Waals surface area contributed by atoms with E-state index in [9.17, 15) is 43.7 Å². The Balaban J connectivity index is 3.20. The molecule has 0 bridgehead atoms. The zero-order chi connectivity index (χ0) is 18.1. The minimum Gasteiger partial charge on any atom is -0.239 e. The molecule has 11 heteroatoms. The van der Waals surface area contributed by atoms with Crippen molar-refractivity contribution in [3.63, 3.8) is 0 Å². The Bertz CT molecular complexity index is 640. The van der Waals surface area contributed by atoms with Crippen molar-refractivity contribution in [2.75, 3.05) is 0 Å². The number of rotatable bonds is 3. The fraction of sp³-hybridized carbons (Fsp3) is 0.333. The molecule has 128 valence electrons. The average molecular weight is 368 g/mol. The smallest absolute Gasteiger partial charge is 0.239 e. The van der Waals surface area contributed by atoms with Crippen LogP contribution in [0.3, 0.4) is 0 Å². The van der Waals surface area contributed by atoms with E-state index in [1.165, 1.54) is 30.3 Å². The highest BCUT2D eigenvalue weighted by molar-refractivity contribution is 7.90. The highest BCUT2D eigenvalue weighted by Crippen LogP contribution is 2.53. The lowest BCUT2D eigenvalue weighted by Crippen LogP contribution is -2.61. The molecule has 1 unspecified atom stereocenters. The van der Waals surface area contributed by atoms with Crippen molar-refractivity contribution in [2.24, 2.45) is 0 Å². The van der Waals surface area contributed by atoms with Gasteiger partial charge in [0.2, 0.25) is 0 Å². The van der Waals surface area contributed by atoms with Crippen LogP contribution in [0, 0.1) is 11.2 Å². The Morgan fingerprint density at radius 3 is 1.70 bits per heavy atom. The first kappa shape index (κ1) is 19.3. The van der Waals surface area contributed by atoms with E-state index in [4.69, 9.17) is 0 Å². The molecule has 0 spiro atoms. The lowest BCUT2D eigenvalue weighted by molar-refractivity contribution is -0.381. The van der Waals surface area contributed by atoms with Crippen LogP contribution in [0.15, 0.2) is 30.3 Å². The van der Waals surface area contributed by atoms with E-state index in [1.54, 1.807) is 5.92 Å². The molecule has 0 N–H and O–H groups in total. The summed E-state index contributed by atoms with van der Waals surface area (Å²) >= 11 is 0. The van der Waals surface area contributed by atoms with Crippen LogP contribution in [0.4, 0.5) is 39.5 Å². The van der Waals surface area contributed by atoms with E-state index >= 15 is 0 Å². The summed E-state index contributed by atoms with van der Waals surface area (Å²) in [6.07, 6.45) is -6.96. The van der Waals surface area contributed by atoms with Crippen LogP contribution in [0.5, 0.6) is 0 Å². The lowest BCUT2D eigenvalue weighted by Gasteiger charge is -2.31. The van der Waals surface area contributed by atoms with Gasteiger partial charge in [0.1, 0.15) is 0 Å². The minimum atomic E-state index is -7.09. The fourth-order valence-corrected chi connectivity index (χ4v) is 1.87. The molecule has 0 aliphatic heterocycles. The van der Waals surface area contributed by atoms with Crippen molar-refractivity contribution in [1.29, 1.82) is 0 Å². The van der Waals surface area contributed by atoms with Crippen molar-refractivity contribution >= 4 is 10.8 Å². The molecule has 0 saturated carbocycles. The molecule has 1 rings (SSSR count). The van der Waals surface area contributed by atoms with Gasteiger partial charge in [0, 0.05) is 10.8 Å². The summed E-state index contributed by atoms with van der Waals surface area (Å²) in [5.41, 5.74) is -0.0810. The first-order valence-corrected chi connectivity index (χ1v) is 6.59. The third kappa shape index (κ3) is 3.46. The van der Waals surface area contributed by atoms with Crippen LogP contribution in [0.1, 0.15) is 5.56 Å². The van der Waals surface area contributed by atoms with Crippen molar-refractivity contribution in [3.8, 4) is 11.2 Å². The van der Waals surface area contributed by atoms with Crippen LogP contribution >= 0.6 is 0 Å². The quantitative estimate of drug-likeness (QED) is 0.578. The largest absolute Gasteiger partial charge is 0.460 e. The molecule has 0 aliphatic rings. The average Bonchev–Trinajstić information content (AvgIpc) is 2.44. The van der Waals surface area contributed by atoms with Crippen LogP contribution in [-0.4, -0.2) is 27.5 Å². The molecule has 1 aromatic rings. The maximum absolute atomic E-state index is 13.2. The highest BCUT2D eigenvalue weighted by Gasteiger charge is 2.83. The second kappa shape index (κ2) is 6.07. The van der Waals surface area contributed by atoms with Crippen LogP contribution in [0.2, 0.25) is 0 Å². The van der Waals surface area contributed by atoms with E-state index in [2.05, 4.69) is 0 Å². The van der Waals surface area contributed by atoms with Crippen molar-refractivity contribution in [1.82, 2.24) is 0 Å². The molecule has 0 aromatic heterocycles. The highest BCUT2D eigenvalue weighted by atomic mass is 32.2. The summed E-state index contributed by atoms with van der Waals surface area (Å²) < 4.78 is 124. The van der Waals surface area contributed by atoms with E-state index < -0.39 is 34.1 Å². The van der Waals surface area contributed by atoms with Crippen LogP contribution < -0.4 is 0 Å². The first-order valence-electron chi connectivity index (χ1n) is 5.44. The molecule has 0 heterocycles. The van der Waals surface area contributed by atoms with Gasteiger partial charge in [-0.3, -0.25) is 0 Å². The fourth-order valence-electron chi connectivity index (χ4n) is 1.17. The molecule has 0 radical (unpaired) electrons. The van der Waals surface area contributed by atoms with Gasteiger partial charge in [0.05, 0.1) is 0 Å². The third-order valence-electron chi connectivity index (χ3n) is 2.41. The molecule has 0 saturated heterocycles. The Morgan fingerprint density at radius 2 is 1.26 bits per heavy atom. The third-order valence-corrected chi connectivity index (χ3v) is 3.42. The Kier molecular flexibility index (Phi) is 5.10. The van der Waals surface area contributed by atoms with Gasteiger partial charge >= 0.3 is 23.3 Å². The summed E-state index contributed by atoms with van der Waals surface area (Å²) in [7, 11) is -4.31. The second-order valence-electron chi connectivity index (χ2n) is 4.03. The molecule has 0 aliphatic carbocycles. The maximum Gasteiger partial charge on any atom is 0.460 e. The molecule has 0 fully saturated rings. The zero-order valence-corrected chi connectivity index (χ0v) is 11.4. The van der Waals surface area contributed by atoms with Crippen molar-refractivity contribution in [2.45, 2.75) is 23.3 Å². The predicted octanol–water partition coefficient (Wildman–Crippen LogP) is 4.17. The Labute approximate surface area is 125 Å². The molecule has 0 amide bonds. The van der Waals surface area contributed by atoms with E-state index in [-0.39, 0.29) is 5.56 Å². The summed E-state index contributed by atoms with van der Waals surface area (Å²) in [6.45, 7) is 0. The SMILES string of the molecule is O=S(C#Cc1ccccc1)C(F)(F)C(F)(F)C(F)(F)C(F)(F)F. The van der Waals surface area contributed by atoms with Gasteiger partial charge in [0.15, 0.2) is 10.8 Å². The number of hydrogen-bond donors (Lipinski definition) is 0. The summed E-state index contributed by atoms with van der Waals surface area (Å²) in [6, 6.07) is 6.53. The van der Waals surface area contributed by atoms with Gasteiger partial charge in [-0.15, -0.1) is 0 Å². The molecule has 1 nitrogen and oxygen atoms in total. The maximum atomic E-state index is 13.2. The molecule has 23 heavy (non-hydrogen) atoms. The van der Waals surface area contributed by atoms with Gasteiger partial charge in [-0.1, -0.05) is 24.1 Å². The Morgan fingerprint density at radius 1 is 0.783 bits per heavy atom. The van der Waals surface area contributed by atoms with Crippen molar-refractivity contribution < 1.29 is 43.7 Å². The molecular weight excluding hydrogens is 363 g/mol. The van der Waals surface area contributed by atoms with Gasteiger partial charge in [-0.25, -0.2) is 4.21 Å². The number of halogens is 9. The topological polar surface area (TPSA) is 17.1 Å². The summed E-state index contributed by atoms with van der Waals surface area (Å²) in [5, 5.41) is -5.17. The van der Waals surface area contributed by atoms with E-state index in [0.29, 0.717) is 0 Å². The normalized spacial score (nSPS) is 14.8. The van der Waals surface area contributed by atoms with Crippen molar-refractivity contribution in [3.05, 3.63) is 35.9 Å². The van der Waals surface area contributed by atoms with Gasteiger partial charge in [0.25, 0.3) is 0 Å². The van der Waals surface area contributed by atoms with E-state index in [1.807, 2.05) is 0 Å². The second-order valence-corrected chi connectivity index (χ2v) is 5.28. The summed E-state index contributed by atoms with van der Waals surface area (Å²) in [4.78, 5) is 0. The number of benzene rings is 1. The molecular formula is C12H5F9OS. The summed E-state index contributed by atoms with van der Waals surface area (Å²) in [5.74, 6) is -12.3. The Hall–Kier alpha value is -1.70.